The molecule has 0 spiro atoms. The number of amides is 1. The summed E-state index contributed by atoms with van der Waals surface area (Å²) in [6.07, 6.45) is 4.19. The van der Waals surface area contributed by atoms with Gasteiger partial charge in [0.05, 0.1) is 4.90 Å². The fourth-order valence-corrected chi connectivity index (χ4v) is 4.47. The molecule has 5 nitrogen and oxygen atoms in total. The van der Waals surface area contributed by atoms with Gasteiger partial charge in [0.25, 0.3) is 0 Å². The minimum atomic E-state index is -3.95. The lowest BCUT2D eigenvalue weighted by molar-refractivity contribution is -0.123. The van der Waals surface area contributed by atoms with Gasteiger partial charge in [-0.2, -0.15) is 4.72 Å². The molecule has 1 amide bonds. The van der Waals surface area contributed by atoms with E-state index < -0.39 is 21.9 Å². The molecule has 2 aromatic rings. The average Bonchev–Trinajstić information content (AvgIpc) is 3.15. The number of nitrogens with one attached hydrogen (secondary N) is 2. The Labute approximate surface area is 159 Å². The second-order valence-corrected chi connectivity index (χ2v) is 8.52. The molecule has 0 saturated heterocycles. The predicted octanol–water partition coefficient (Wildman–Crippen LogP) is 2.77. The smallest absolute Gasteiger partial charge is 0.241 e. The highest BCUT2D eigenvalue weighted by molar-refractivity contribution is 7.89. The Morgan fingerprint density at radius 3 is 2.30 bits per heavy atom. The normalized spacial score (nSPS) is 16.2. The van der Waals surface area contributed by atoms with Crippen molar-refractivity contribution in [1.82, 2.24) is 10.0 Å². The van der Waals surface area contributed by atoms with Crippen LogP contribution in [0.3, 0.4) is 0 Å². The molecular weight excluding hydrogens is 367 g/mol. The van der Waals surface area contributed by atoms with Gasteiger partial charge in [-0.3, -0.25) is 4.79 Å². The molecule has 0 aliphatic heterocycles. The molecule has 7 heteroatoms. The van der Waals surface area contributed by atoms with E-state index in [1.807, 2.05) is 30.3 Å². The molecule has 1 atom stereocenters. The molecule has 0 unspecified atom stereocenters. The molecule has 0 aromatic heterocycles. The van der Waals surface area contributed by atoms with E-state index in [1.54, 1.807) is 0 Å². The first-order valence-electron chi connectivity index (χ1n) is 9.06. The van der Waals surface area contributed by atoms with Crippen molar-refractivity contribution >= 4 is 15.9 Å². The first-order valence-corrected chi connectivity index (χ1v) is 10.5. The van der Waals surface area contributed by atoms with Gasteiger partial charge >= 0.3 is 0 Å². The van der Waals surface area contributed by atoms with Crippen LogP contribution in [0.15, 0.2) is 59.5 Å². The highest BCUT2D eigenvalue weighted by Gasteiger charge is 2.28. The minimum Gasteiger partial charge on any atom is -0.352 e. The van der Waals surface area contributed by atoms with Crippen LogP contribution in [0.5, 0.6) is 0 Å². The molecule has 2 N–H and O–H groups in total. The van der Waals surface area contributed by atoms with Crippen molar-refractivity contribution in [2.75, 3.05) is 0 Å². The van der Waals surface area contributed by atoms with Gasteiger partial charge in [0.1, 0.15) is 11.9 Å². The molecule has 1 saturated carbocycles. The van der Waals surface area contributed by atoms with Crippen LogP contribution in [-0.4, -0.2) is 26.4 Å². The third-order valence-corrected chi connectivity index (χ3v) is 6.21. The quantitative estimate of drug-likeness (QED) is 0.763. The molecule has 0 heterocycles. The van der Waals surface area contributed by atoms with Gasteiger partial charge in [-0.15, -0.1) is 0 Å². The third-order valence-electron chi connectivity index (χ3n) is 4.72. The number of rotatable bonds is 7. The lowest BCUT2D eigenvalue weighted by atomic mass is 10.1. The summed E-state index contributed by atoms with van der Waals surface area (Å²) >= 11 is 0. The topological polar surface area (TPSA) is 75.3 Å². The number of carbonyl (C=O) groups is 1. The summed E-state index contributed by atoms with van der Waals surface area (Å²) in [5, 5.41) is 2.96. The highest BCUT2D eigenvalue weighted by Crippen LogP contribution is 2.18. The molecule has 27 heavy (non-hydrogen) atoms. The number of hydrogen-bond donors (Lipinski definition) is 2. The van der Waals surface area contributed by atoms with Gasteiger partial charge in [0.2, 0.25) is 15.9 Å². The van der Waals surface area contributed by atoms with Gasteiger partial charge < -0.3 is 5.32 Å². The Bertz CT molecular complexity index is 864. The molecule has 1 aliphatic carbocycles. The maximum atomic E-state index is 13.1. The van der Waals surface area contributed by atoms with Gasteiger partial charge in [-0.05, 0) is 49.1 Å². The van der Waals surface area contributed by atoms with E-state index in [9.17, 15) is 17.6 Å². The van der Waals surface area contributed by atoms with Crippen molar-refractivity contribution in [3.63, 3.8) is 0 Å². The molecule has 1 aliphatic rings. The highest BCUT2D eigenvalue weighted by atomic mass is 32.2. The van der Waals surface area contributed by atoms with E-state index in [0.717, 1.165) is 43.4 Å². The lowest BCUT2D eigenvalue weighted by Gasteiger charge is -2.21. The molecule has 3 rings (SSSR count). The summed E-state index contributed by atoms with van der Waals surface area (Å²) in [5.41, 5.74) is 0.853. The van der Waals surface area contributed by atoms with Gasteiger partial charge in [-0.25, -0.2) is 12.8 Å². The largest absolute Gasteiger partial charge is 0.352 e. The summed E-state index contributed by atoms with van der Waals surface area (Å²) in [4.78, 5) is 12.7. The van der Waals surface area contributed by atoms with Gasteiger partial charge in [-0.1, -0.05) is 43.2 Å². The number of halogens is 1. The van der Waals surface area contributed by atoms with Crippen molar-refractivity contribution in [1.29, 1.82) is 0 Å². The molecule has 2 aromatic carbocycles. The average molecular weight is 390 g/mol. The summed E-state index contributed by atoms with van der Waals surface area (Å²) in [7, 11) is -3.95. The predicted molar refractivity (Wildman–Crippen MR) is 101 cm³/mol. The Morgan fingerprint density at radius 1 is 1.04 bits per heavy atom. The van der Waals surface area contributed by atoms with Crippen LogP contribution in [0.4, 0.5) is 4.39 Å². The Hall–Kier alpha value is -2.25. The van der Waals surface area contributed by atoms with Crippen LogP contribution >= 0.6 is 0 Å². The zero-order valence-corrected chi connectivity index (χ0v) is 15.7. The van der Waals surface area contributed by atoms with Gasteiger partial charge in [0.15, 0.2) is 0 Å². The zero-order valence-electron chi connectivity index (χ0n) is 14.9. The number of benzene rings is 2. The number of carbonyl (C=O) groups excluding carboxylic acids is 1. The first kappa shape index (κ1) is 19.5. The molecule has 144 valence electrons. The van der Waals surface area contributed by atoms with E-state index in [0.29, 0.717) is 0 Å². The lowest BCUT2D eigenvalue weighted by Crippen LogP contribution is -2.50. The summed E-state index contributed by atoms with van der Waals surface area (Å²) in [6, 6.07) is 12.9. The van der Waals surface area contributed by atoms with Crippen LogP contribution in [-0.2, 0) is 21.2 Å². The second-order valence-electron chi connectivity index (χ2n) is 6.81. The van der Waals surface area contributed by atoms with Crippen LogP contribution < -0.4 is 10.0 Å². The van der Waals surface area contributed by atoms with E-state index in [4.69, 9.17) is 0 Å². The number of sulfonamides is 1. The maximum Gasteiger partial charge on any atom is 0.241 e. The summed E-state index contributed by atoms with van der Waals surface area (Å²) < 4.78 is 40.9. The monoisotopic (exact) mass is 390 g/mol. The van der Waals surface area contributed by atoms with E-state index in [2.05, 4.69) is 10.0 Å². The zero-order chi connectivity index (χ0) is 19.3. The van der Waals surface area contributed by atoms with Crippen molar-refractivity contribution < 1.29 is 17.6 Å². The first-order chi connectivity index (χ1) is 12.9. The Balaban J connectivity index is 1.79. The van der Waals surface area contributed by atoms with Crippen LogP contribution in [0.1, 0.15) is 31.2 Å². The van der Waals surface area contributed by atoms with E-state index in [1.165, 1.54) is 12.1 Å². The number of hydrogen-bond acceptors (Lipinski definition) is 3. The molecule has 0 bridgehead atoms. The summed E-state index contributed by atoms with van der Waals surface area (Å²) in [5.74, 6) is -0.856. The molecule has 1 fully saturated rings. The van der Waals surface area contributed by atoms with Crippen molar-refractivity contribution in [2.24, 2.45) is 0 Å². The van der Waals surface area contributed by atoms with Gasteiger partial charge in [0, 0.05) is 6.04 Å². The fourth-order valence-electron chi connectivity index (χ4n) is 3.28. The van der Waals surface area contributed by atoms with Crippen LogP contribution in [0.25, 0.3) is 0 Å². The third kappa shape index (κ3) is 5.37. The molecule has 0 radical (unpaired) electrons. The van der Waals surface area contributed by atoms with Crippen molar-refractivity contribution in [3.05, 3.63) is 66.0 Å². The van der Waals surface area contributed by atoms with Crippen LogP contribution in [0, 0.1) is 5.82 Å². The second kappa shape index (κ2) is 8.63. The van der Waals surface area contributed by atoms with Crippen molar-refractivity contribution in [2.45, 2.75) is 49.1 Å². The maximum absolute atomic E-state index is 13.1. The molecular formula is C20H23FN2O3S. The Kier molecular flexibility index (Phi) is 6.23. The van der Waals surface area contributed by atoms with Crippen molar-refractivity contribution in [3.8, 4) is 0 Å². The fraction of sp³-hybridized carbons (Fsp3) is 0.350. The van der Waals surface area contributed by atoms with E-state index >= 15 is 0 Å². The minimum absolute atomic E-state index is 0.0735. The van der Waals surface area contributed by atoms with Crippen LogP contribution in [0.2, 0.25) is 0 Å². The SMILES string of the molecule is O=C(NC1CCCC1)[C@H](Cc1ccccc1)NS(=O)(=O)c1ccc(F)cc1. The Morgan fingerprint density at radius 2 is 1.67 bits per heavy atom. The van der Waals surface area contributed by atoms with E-state index in [-0.39, 0.29) is 23.3 Å². The standard InChI is InChI=1S/C20H23FN2O3S/c21-16-10-12-18(13-11-16)27(25,26)23-19(14-15-6-2-1-3-7-15)20(24)22-17-8-4-5-9-17/h1-3,6-7,10-13,17,19,23H,4-5,8-9,14H2,(H,22,24)/t19-/m0/s1. The summed E-state index contributed by atoms with van der Waals surface area (Å²) in [6.45, 7) is 0.